The fourth-order valence-electron chi connectivity index (χ4n) is 1.11. The van der Waals surface area contributed by atoms with E-state index in [1.165, 1.54) is 0 Å². The van der Waals surface area contributed by atoms with Crippen LogP contribution in [0, 0.1) is 9.49 Å². The average molecular weight is 383 g/mol. The molecule has 1 aromatic rings. The Hall–Kier alpha value is -0.400. The second-order valence-corrected chi connectivity index (χ2v) is 5.71. The second-order valence-electron chi connectivity index (χ2n) is 3.64. The van der Waals surface area contributed by atoms with E-state index in [0.29, 0.717) is 22.1 Å². The van der Waals surface area contributed by atoms with Crippen molar-refractivity contribution in [2.75, 3.05) is 6.54 Å². The molecule has 0 saturated heterocycles. The highest BCUT2D eigenvalue weighted by Gasteiger charge is 2.12. The number of thiocarbonyl (C=S) groups is 1. The number of benzene rings is 1. The summed E-state index contributed by atoms with van der Waals surface area (Å²) in [4.78, 5) is 12.3. The average Bonchev–Trinajstić information content (AvgIpc) is 2.28. The maximum atomic E-state index is 11.9. The number of halogens is 2. The molecule has 92 valence electrons. The summed E-state index contributed by atoms with van der Waals surface area (Å²) in [6, 6.07) is 5.19. The molecule has 1 atom stereocenters. The molecule has 0 radical (unpaired) electrons. The fraction of sp³-hybridized carbons (Fsp3) is 0.273. The van der Waals surface area contributed by atoms with Gasteiger partial charge in [0, 0.05) is 21.1 Å². The van der Waals surface area contributed by atoms with Crippen LogP contribution in [0.15, 0.2) is 18.2 Å². The van der Waals surface area contributed by atoms with Gasteiger partial charge in [0.05, 0.1) is 10.6 Å². The van der Waals surface area contributed by atoms with Gasteiger partial charge in [-0.25, -0.2) is 0 Å². The van der Waals surface area contributed by atoms with Crippen LogP contribution in [0.3, 0.4) is 0 Å². The number of hydrogen-bond donors (Lipinski definition) is 2. The summed E-state index contributed by atoms with van der Waals surface area (Å²) in [6.07, 6.45) is 0. The van der Waals surface area contributed by atoms with E-state index in [4.69, 9.17) is 29.6 Å². The molecule has 0 aromatic heterocycles. The highest BCUT2D eigenvalue weighted by atomic mass is 127. The zero-order valence-electron chi connectivity index (χ0n) is 9.17. The summed E-state index contributed by atoms with van der Waals surface area (Å²) in [5.41, 5.74) is 6.04. The lowest BCUT2D eigenvalue weighted by molar-refractivity contribution is 0.0950. The molecule has 0 fully saturated rings. The quantitative estimate of drug-likeness (QED) is 0.622. The van der Waals surface area contributed by atoms with Crippen LogP contribution in [0.4, 0.5) is 0 Å². The van der Waals surface area contributed by atoms with Crippen molar-refractivity contribution < 1.29 is 4.79 Å². The number of carbonyl (C=O) groups is 1. The predicted octanol–water partition coefficient (Wildman–Crippen LogP) is 2.60. The lowest BCUT2D eigenvalue weighted by Gasteiger charge is -2.11. The molecule has 1 unspecified atom stereocenters. The van der Waals surface area contributed by atoms with E-state index in [0.717, 1.165) is 3.57 Å². The van der Waals surface area contributed by atoms with E-state index in [1.807, 2.05) is 6.92 Å². The van der Waals surface area contributed by atoms with E-state index < -0.39 is 0 Å². The summed E-state index contributed by atoms with van der Waals surface area (Å²) in [6.45, 7) is 2.29. The molecule has 3 nitrogen and oxygen atoms in total. The van der Waals surface area contributed by atoms with E-state index in [-0.39, 0.29) is 11.8 Å². The Morgan fingerprint density at radius 2 is 2.29 bits per heavy atom. The molecule has 0 spiro atoms. The molecule has 0 heterocycles. The van der Waals surface area contributed by atoms with Crippen LogP contribution in [0.25, 0.3) is 0 Å². The lowest BCUT2D eigenvalue weighted by atomic mass is 10.1. The molecule has 0 saturated carbocycles. The first-order valence-electron chi connectivity index (χ1n) is 4.94. The van der Waals surface area contributed by atoms with Crippen molar-refractivity contribution in [3.63, 3.8) is 0 Å². The molecule has 3 N–H and O–H groups in total. The normalized spacial score (nSPS) is 11.9. The van der Waals surface area contributed by atoms with Crippen LogP contribution in [-0.4, -0.2) is 17.4 Å². The Labute approximate surface area is 124 Å². The number of nitrogens with two attached hydrogens (primary N) is 1. The predicted molar refractivity (Wildman–Crippen MR) is 82.5 cm³/mol. The Bertz CT molecular complexity index is 453. The third kappa shape index (κ3) is 4.40. The Balaban J connectivity index is 2.70. The molecule has 1 rings (SSSR count). The molecule has 0 aliphatic rings. The largest absolute Gasteiger partial charge is 0.393 e. The zero-order chi connectivity index (χ0) is 13.0. The standard InChI is InChI=1S/C11H12ClIN2OS/c1-6(10(14)17)5-15-11(16)8-4-7(12)2-3-9(8)13/h2-4,6H,5H2,1H3,(H2,14,17)(H,15,16). The fourth-order valence-corrected chi connectivity index (χ4v) is 1.95. The minimum absolute atomic E-state index is 0.0224. The third-order valence-electron chi connectivity index (χ3n) is 2.23. The number of nitrogens with one attached hydrogen (secondary N) is 1. The van der Waals surface area contributed by atoms with Gasteiger partial charge in [0.1, 0.15) is 0 Å². The van der Waals surface area contributed by atoms with Crippen LogP contribution in [0.5, 0.6) is 0 Å². The molecule has 1 aromatic carbocycles. The van der Waals surface area contributed by atoms with Gasteiger partial charge in [-0.2, -0.15) is 0 Å². The van der Waals surface area contributed by atoms with E-state index in [9.17, 15) is 4.79 Å². The highest BCUT2D eigenvalue weighted by Crippen LogP contribution is 2.17. The van der Waals surface area contributed by atoms with Crippen LogP contribution >= 0.6 is 46.4 Å². The summed E-state index contributed by atoms with van der Waals surface area (Å²) in [5.74, 6) is -0.189. The molecule has 6 heteroatoms. The maximum absolute atomic E-state index is 11.9. The molecular weight excluding hydrogens is 371 g/mol. The minimum Gasteiger partial charge on any atom is -0.393 e. The molecule has 17 heavy (non-hydrogen) atoms. The SMILES string of the molecule is CC(CNC(=O)c1cc(Cl)ccc1I)C(N)=S. The maximum Gasteiger partial charge on any atom is 0.252 e. The zero-order valence-corrected chi connectivity index (χ0v) is 12.9. The van der Waals surface area contributed by atoms with E-state index >= 15 is 0 Å². The summed E-state index contributed by atoms with van der Waals surface area (Å²) < 4.78 is 0.854. The van der Waals surface area contributed by atoms with Gasteiger partial charge in [-0.3, -0.25) is 4.79 Å². The minimum atomic E-state index is -0.167. The number of rotatable bonds is 4. The van der Waals surface area contributed by atoms with Crippen molar-refractivity contribution >= 4 is 57.3 Å². The van der Waals surface area contributed by atoms with Gasteiger partial charge in [0.15, 0.2) is 0 Å². The monoisotopic (exact) mass is 382 g/mol. The van der Waals surface area contributed by atoms with Crippen molar-refractivity contribution in [3.8, 4) is 0 Å². The molecular formula is C11H12ClIN2OS. The topological polar surface area (TPSA) is 55.1 Å². The Morgan fingerprint density at radius 1 is 1.65 bits per heavy atom. The first-order valence-corrected chi connectivity index (χ1v) is 6.81. The number of amides is 1. The smallest absolute Gasteiger partial charge is 0.252 e. The van der Waals surface area contributed by atoms with Crippen LogP contribution in [0.1, 0.15) is 17.3 Å². The second kappa shape index (κ2) is 6.51. The van der Waals surface area contributed by atoms with Crippen molar-refractivity contribution in [3.05, 3.63) is 32.4 Å². The lowest BCUT2D eigenvalue weighted by Crippen LogP contribution is -2.33. The third-order valence-corrected chi connectivity index (χ3v) is 3.81. The first kappa shape index (κ1) is 14.7. The van der Waals surface area contributed by atoms with Gasteiger partial charge in [-0.1, -0.05) is 30.7 Å². The Kier molecular flexibility index (Phi) is 5.61. The summed E-state index contributed by atoms with van der Waals surface area (Å²) >= 11 is 12.8. The summed E-state index contributed by atoms with van der Waals surface area (Å²) in [5, 5.41) is 3.32. The van der Waals surface area contributed by atoms with Gasteiger partial charge < -0.3 is 11.1 Å². The molecule has 0 bridgehead atoms. The van der Waals surface area contributed by atoms with Crippen LogP contribution in [0.2, 0.25) is 5.02 Å². The van der Waals surface area contributed by atoms with Gasteiger partial charge in [-0.05, 0) is 40.8 Å². The van der Waals surface area contributed by atoms with Crippen LogP contribution < -0.4 is 11.1 Å². The molecule has 0 aliphatic carbocycles. The van der Waals surface area contributed by atoms with Gasteiger partial charge in [0.25, 0.3) is 5.91 Å². The number of hydrogen-bond acceptors (Lipinski definition) is 2. The first-order chi connectivity index (χ1) is 7.91. The van der Waals surface area contributed by atoms with Crippen molar-refractivity contribution in [2.24, 2.45) is 11.7 Å². The highest BCUT2D eigenvalue weighted by molar-refractivity contribution is 14.1. The van der Waals surface area contributed by atoms with Crippen LogP contribution in [-0.2, 0) is 0 Å². The van der Waals surface area contributed by atoms with Crippen molar-refractivity contribution in [2.45, 2.75) is 6.92 Å². The van der Waals surface area contributed by atoms with E-state index in [1.54, 1.807) is 18.2 Å². The summed E-state index contributed by atoms with van der Waals surface area (Å²) in [7, 11) is 0. The van der Waals surface area contributed by atoms with Gasteiger partial charge >= 0.3 is 0 Å². The number of carbonyl (C=O) groups excluding carboxylic acids is 1. The molecule has 1 amide bonds. The Morgan fingerprint density at radius 3 is 2.88 bits per heavy atom. The van der Waals surface area contributed by atoms with Crippen molar-refractivity contribution in [1.29, 1.82) is 0 Å². The van der Waals surface area contributed by atoms with E-state index in [2.05, 4.69) is 27.9 Å². The van der Waals surface area contributed by atoms with Gasteiger partial charge in [0.2, 0.25) is 0 Å². The van der Waals surface area contributed by atoms with Gasteiger partial charge in [-0.15, -0.1) is 0 Å². The molecule has 0 aliphatic heterocycles. The van der Waals surface area contributed by atoms with Crippen molar-refractivity contribution in [1.82, 2.24) is 5.32 Å².